The molecule has 0 aliphatic carbocycles. The maximum Gasteiger partial charge on any atom is 0.265 e. The molecule has 3 nitrogen and oxygen atoms in total. The lowest BCUT2D eigenvalue weighted by Crippen LogP contribution is -2.11. The van der Waals surface area contributed by atoms with Gasteiger partial charge in [-0.05, 0) is 43.7 Å². The van der Waals surface area contributed by atoms with Crippen molar-refractivity contribution in [1.82, 2.24) is 0 Å². The maximum absolute atomic E-state index is 12.1. The van der Waals surface area contributed by atoms with E-state index in [1.807, 2.05) is 13.0 Å². The van der Waals surface area contributed by atoms with E-state index in [0.29, 0.717) is 20.5 Å². The number of anilines is 1. The summed E-state index contributed by atoms with van der Waals surface area (Å²) in [6.07, 6.45) is 0. The van der Waals surface area contributed by atoms with Crippen molar-refractivity contribution in [3.8, 4) is 0 Å². The molecule has 2 rings (SSSR count). The fraction of sp³-hybridized carbons (Fsp3) is 0.143. The normalized spacial score (nSPS) is 10.3. The summed E-state index contributed by atoms with van der Waals surface area (Å²) in [4.78, 5) is 24.3. The zero-order chi connectivity index (χ0) is 14.0. The predicted octanol–water partition coefficient (Wildman–Crippen LogP) is 4.16. The number of nitrogens with one attached hydrogen (secondary N) is 1. The molecule has 0 atom stereocenters. The van der Waals surface area contributed by atoms with Crippen molar-refractivity contribution in [2.45, 2.75) is 13.8 Å². The number of hydrogen-bond acceptors (Lipinski definition) is 3. The van der Waals surface area contributed by atoms with E-state index < -0.39 is 0 Å². The van der Waals surface area contributed by atoms with E-state index in [0.717, 1.165) is 5.56 Å². The molecular formula is C14H12ClNO2S. The summed E-state index contributed by atoms with van der Waals surface area (Å²) in [5.41, 5.74) is 1.61. The third kappa shape index (κ3) is 3.22. The second-order valence-electron chi connectivity index (χ2n) is 4.13. The van der Waals surface area contributed by atoms with Crippen LogP contribution in [0.4, 0.5) is 5.69 Å². The van der Waals surface area contributed by atoms with Crippen LogP contribution in [0.15, 0.2) is 30.3 Å². The van der Waals surface area contributed by atoms with Gasteiger partial charge in [-0.1, -0.05) is 17.7 Å². The first-order valence-corrected chi connectivity index (χ1v) is 6.85. The number of rotatable bonds is 3. The standard InChI is InChI=1S/C14H12ClNO2S/c1-8-3-4-10(15)7-11(8)16-14(18)13-6-5-12(19-13)9(2)17/h3-7H,1-2H3,(H,16,18). The highest BCUT2D eigenvalue weighted by Crippen LogP contribution is 2.23. The van der Waals surface area contributed by atoms with Crippen LogP contribution in [0.3, 0.4) is 0 Å². The van der Waals surface area contributed by atoms with Gasteiger partial charge in [0.15, 0.2) is 5.78 Å². The Morgan fingerprint density at radius 1 is 1.16 bits per heavy atom. The molecule has 0 unspecified atom stereocenters. The Morgan fingerprint density at radius 3 is 2.47 bits per heavy atom. The third-order valence-electron chi connectivity index (χ3n) is 2.62. The second kappa shape index (κ2) is 5.55. The van der Waals surface area contributed by atoms with E-state index in [2.05, 4.69) is 5.32 Å². The molecule has 0 aliphatic rings. The summed E-state index contributed by atoms with van der Waals surface area (Å²) < 4.78 is 0. The van der Waals surface area contributed by atoms with Gasteiger partial charge in [0, 0.05) is 10.7 Å². The molecule has 2 aromatic rings. The number of benzene rings is 1. The number of carbonyl (C=O) groups excluding carboxylic acids is 2. The highest BCUT2D eigenvalue weighted by Gasteiger charge is 2.12. The van der Waals surface area contributed by atoms with Gasteiger partial charge in [-0.25, -0.2) is 0 Å². The Morgan fingerprint density at radius 2 is 1.84 bits per heavy atom. The Bertz CT molecular complexity index is 649. The molecule has 98 valence electrons. The van der Waals surface area contributed by atoms with Gasteiger partial charge in [0.2, 0.25) is 0 Å². The quantitative estimate of drug-likeness (QED) is 0.864. The van der Waals surface area contributed by atoms with Crippen molar-refractivity contribution < 1.29 is 9.59 Å². The van der Waals surface area contributed by atoms with E-state index in [9.17, 15) is 9.59 Å². The molecule has 0 saturated carbocycles. The van der Waals surface area contributed by atoms with Crippen LogP contribution in [0.5, 0.6) is 0 Å². The van der Waals surface area contributed by atoms with Crippen LogP contribution in [0.25, 0.3) is 0 Å². The highest BCUT2D eigenvalue weighted by molar-refractivity contribution is 7.16. The first-order chi connectivity index (χ1) is 8.97. The van der Waals surface area contributed by atoms with E-state index >= 15 is 0 Å². The number of aryl methyl sites for hydroxylation is 1. The summed E-state index contributed by atoms with van der Waals surface area (Å²) >= 11 is 7.08. The van der Waals surface area contributed by atoms with Crippen molar-refractivity contribution in [2.24, 2.45) is 0 Å². The number of halogens is 1. The number of Topliss-reactive ketones (excluding diaryl/α,β-unsaturated/α-hetero) is 1. The van der Waals surface area contributed by atoms with Crippen LogP contribution < -0.4 is 5.32 Å². The first kappa shape index (κ1) is 13.8. The summed E-state index contributed by atoms with van der Waals surface area (Å²) in [7, 11) is 0. The SMILES string of the molecule is CC(=O)c1ccc(C(=O)Nc2cc(Cl)ccc2C)s1. The van der Waals surface area contributed by atoms with Gasteiger partial charge in [-0.2, -0.15) is 0 Å². The van der Waals surface area contributed by atoms with Gasteiger partial charge in [-0.3, -0.25) is 9.59 Å². The first-order valence-electron chi connectivity index (χ1n) is 5.65. The molecule has 1 heterocycles. The van der Waals surface area contributed by atoms with Crippen molar-refractivity contribution in [1.29, 1.82) is 0 Å². The third-order valence-corrected chi connectivity index (χ3v) is 4.04. The molecule has 0 radical (unpaired) electrons. The summed E-state index contributed by atoms with van der Waals surface area (Å²) in [6, 6.07) is 8.62. The monoisotopic (exact) mass is 293 g/mol. The van der Waals surface area contributed by atoms with Crippen molar-refractivity contribution in [3.63, 3.8) is 0 Å². The fourth-order valence-electron chi connectivity index (χ4n) is 1.56. The fourth-order valence-corrected chi connectivity index (χ4v) is 2.53. The van der Waals surface area contributed by atoms with E-state index in [1.54, 1.807) is 24.3 Å². The minimum atomic E-state index is -0.233. The minimum absolute atomic E-state index is 0.0389. The Hall–Kier alpha value is -1.65. The lowest BCUT2D eigenvalue weighted by molar-refractivity contribution is 0.101. The van der Waals surface area contributed by atoms with Crippen LogP contribution in [-0.2, 0) is 0 Å². The number of carbonyl (C=O) groups is 2. The molecular weight excluding hydrogens is 282 g/mol. The second-order valence-corrected chi connectivity index (χ2v) is 5.65. The van der Waals surface area contributed by atoms with Crippen LogP contribution in [-0.4, -0.2) is 11.7 Å². The van der Waals surface area contributed by atoms with E-state index in [1.165, 1.54) is 18.3 Å². The highest BCUT2D eigenvalue weighted by atomic mass is 35.5. The van der Waals surface area contributed by atoms with Crippen molar-refractivity contribution in [3.05, 3.63) is 50.7 Å². The van der Waals surface area contributed by atoms with Gasteiger partial charge in [0.25, 0.3) is 5.91 Å². The van der Waals surface area contributed by atoms with Gasteiger partial charge in [0.1, 0.15) is 0 Å². The average molecular weight is 294 g/mol. The molecule has 1 aromatic carbocycles. The van der Waals surface area contributed by atoms with Crippen molar-refractivity contribution in [2.75, 3.05) is 5.32 Å². The summed E-state index contributed by atoms with van der Waals surface area (Å²) in [5, 5.41) is 3.36. The predicted molar refractivity (Wildman–Crippen MR) is 78.5 cm³/mol. The number of ketones is 1. The Labute approximate surface area is 120 Å². The topological polar surface area (TPSA) is 46.2 Å². The number of thiophene rings is 1. The molecule has 0 spiro atoms. The lowest BCUT2D eigenvalue weighted by atomic mass is 10.2. The van der Waals surface area contributed by atoms with Gasteiger partial charge in [0.05, 0.1) is 9.75 Å². The van der Waals surface area contributed by atoms with Crippen LogP contribution in [0.1, 0.15) is 31.8 Å². The molecule has 0 fully saturated rings. The molecule has 0 bridgehead atoms. The molecule has 0 aliphatic heterocycles. The van der Waals surface area contributed by atoms with Gasteiger partial charge in [-0.15, -0.1) is 11.3 Å². The summed E-state index contributed by atoms with van der Waals surface area (Å²) in [5.74, 6) is -0.272. The van der Waals surface area contributed by atoms with Crippen LogP contribution in [0, 0.1) is 6.92 Å². The molecule has 1 N–H and O–H groups in total. The Balaban J connectivity index is 2.20. The molecule has 0 saturated heterocycles. The summed E-state index contributed by atoms with van der Waals surface area (Å²) in [6.45, 7) is 3.37. The zero-order valence-electron chi connectivity index (χ0n) is 10.5. The van der Waals surface area contributed by atoms with E-state index in [4.69, 9.17) is 11.6 Å². The molecule has 5 heteroatoms. The zero-order valence-corrected chi connectivity index (χ0v) is 12.1. The Kier molecular flexibility index (Phi) is 4.02. The van der Waals surface area contributed by atoms with Crippen LogP contribution in [0.2, 0.25) is 5.02 Å². The smallest absolute Gasteiger partial charge is 0.265 e. The number of hydrogen-bond donors (Lipinski definition) is 1. The number of amides is 1. The van der Waals surface area contributed by atoms with E-state index in [-0.39, 0.29) is 11.7 Å². The van der Waals surface area contributed by atoms with Gasteiger partial charge < -0.3 is 5.32 Å². The largest absolute Gasteiger partial charge is 0.321 e. The minimum Gasteiger partial charge on any atom is -0.321 e. The lowest BCUT2D eigenvalue weighted by Gasteiger charge is -2.07. The maximum atomic E-state index is 12.1. The van der Waals surface area contributed by atoms with Gasteiger partial charge >= 0.3 is 0 Å². The molecule has 1 amide bonds. The molecule has 1 aromatic heterocycles. The average Bonchev–Trinajstić information content (AvgIpc) is 2.83. The molecule has 19 heavy (non-hydrogen) atoms. The van der Waals surface area contributed by atoms with Crippen molar-refractivity contribution >= 4 is 40.3 Å². The van der Waals surface area contributed by atoms with Crippen LogP contribution >= 0.6 is 22.9 Å².